The molecule has 2 bridgehead atoms. The van der Waals surface area contributed by atoms with Gasteiger partial charge in [0.25, 0.3) is 0 Å². The number of hydrogen-bond donors (Lipinski definition) is 2. The molecule has 0 aromatic carbocycles. The van der Waals surface area contributed by atoms with Gasteiger partial charge in [-0.25, -0.2) is 0 Å². The van der Waals surface area contributed by atoms with Gasteiger partial charge in [-0.1, -0.05) is 45.2 Å². The molecule has 0 radical (unpaired) electrons. The van der Waals surface area contributed by atoms with Crippen LogP contribution in [0.4, 0.5) is 0 Å². The first-order valence-electron chi connectivity index (χ1n) is 6.89. The molecule has 0 saturated carbocycles. The van der Waals surface area contributed by atoms with Crippen molar-refractivity contribution < 1.29 is 24.5 Å². The minimum atomic E-state index is -0.949. The summed E-state index contributed by atoms with van der Waals surface area (Å²) in [6.45, 7) is 0. The van der Waals surface area contributed by atoms with Gasteiger partial charge in [-0.3, -0.25) is 4.79 Å². The second kappa shape index (κ2) is 6.13. The highest BCUT2D eigenvalue weighted by atomic mass is 127. The van der Waals surface area contributed by atoms with E-state index in [4.69, 9.17) is 14.6 Å². The Morgan fingerprint density at radius 3 is 2.45 bits per heavy atom. The number of rotatable bonds is 5. The van der Waals surface area contributed by atoms with Crippen LogP contribution >= 0.6 is 45.2 Å². The largest absolute Gasteiger partial charge is 0.481 e. The van der Waals surface area contributed by atoms with Gasteiger partial charge in [-0.2, -0.15) is 0 Å². The summed E-state index contributed by atoms with van der Waals surface area (Å²) < 4.78 is 14.1. The van der Waals surface area contributed by atoms with Crippen molar-refractivity contribution in [1.29, 1.82) is 0 Å². The number of aliphatic hydroxyl groups is 1. The number of carboxylic acids is 1. The zero-order valence-electron chi connectivity index (χ0n) is 10.8. The van der Waals surface area contributed by atoms with Crippen LogP contribution in [0.2, 0.25) is 0 Å². The number of hydrogen-bond acceptors (Lipinski definition) is 4. The van der Waals surface area contributed by atoms with Crippen molar-refractivity contribution in [1.82, 2.24) is 0 Å². The van der Waals surface area contributed by atoms with E-state index in [0.717, 1.165) is 15.3 Å². The van der Waals surface area contributed by atoms with Crippen LogP contribution in [0.15, 0.2) is 0 Å². The van der Waals surface area contributed by atoms with Crippen molar-refractivity contribution in [3.8, 4) is 0 Å². The van der Waals surface area contributed by atoms with Crippen LogP contribution < -0.4 is 0 Å². The molecule has 0 amide bonds. The number of alkyl halides is 2. The number of carboxylic acid groups (broad SMARTS) is 1. The fourth-order valence-corrected chi connectivity index (χ4v) is 5.78. The van der Waals surface area contributed by atoms with Gasteiger partial charge in [-0.15, -0.1) is 0 Å². The molecule has 0 aromatic rings. The molecule has 7 heteroatoms. The quantitative estimate of drug-likeness (QED) is 0.435. The average Bonchev–Trinajstić information content (AvgIpc) is 3.07. The highest BCUT2D eigenvalue weighted by Crippen LogP contribution is 2.55. The maximum atomic E-state index is 10.8. The molecule has 8 unspecified atom stereocenters. The molecule has 2 N–H and O–H groups in total. The van der Waals surface area contributed by atoms with Gasteiger partial charge >= 0.3 is 5.97 Å². The van der Waals surface area contributed by atoms with Crippen LogP contribution in [0.1, 0.15) is 12.8 Å². The maximum absolute atomic E-state index is 10.8. The summed E-state index contributed by atoms with van der Waals surface area (Å²) in [6.07, 6.45) is 0.281. The van der Waals surface area contributed by atoms with Gasteiger partial charge in [0.1, 0.15) is 0 Å². The number of ether oxygens (including phenoxy) is 2. The zero-order chi connectivity index (χ0) is 14.4. The molecule has 3 fully saturated rings. The molecule has 20 heavy (non-hydrogen) atoms. The van der Waals surface area contributed by atoms with Crippen LogP contribution in [0.3, 0.4) is 0 Å². The van der Waals surface area contributed by atoms with Crippen molar-refractivity contribution in [2.24, 2.45) is 17.8 Å². The van der Waals surface area contributed by atoms with Crippen molar-refractivity contribution in [3.05, 3.63) is 0 Å². The summed E-state index contributed by atoms with van der Waals surface area (Å²) in [7, 11) is 0. The van der Waals surface area contributed by atoms with E-state index in [1.54, 1.807) is 0 Å². The lowest BCUT2D eigenvalue weighted by Gasteiger charge is -2.32. The van der Waals surface area contributed by atoms with Crippen LogP contribution in [0.25, 0.3) is 0 Å². The Bertz CT molecular complexity index is 393. The first-order chi connectivity index (χ1) is 9.56. The van der Waals surface area contributed by atoms with Crippen LogP contribution in [-0.4, -0.2) is 55.6 Å². The molecule has 3 rings (SSSR count). The van der Waals surface area contributed by atoms with E-state index in [1.807, 2.05) is 0 Å². The molecule has 0 spiro atoms. The SMILES string of the molecule is O=C(O)CC(O)C1CC2OC1C1C(CI)OC(CI)C21. The Balaban J connectivity index is 1.76. The summed E-state index contributed by atoms with van der Waals surface area (Å²) >= 11 is 4.70. The summed E-state index contributed by atoms with van der Waals surface area (Å²) in [4.78, 5) is 10.8. The molecule has 3 aliphatic heterocycles. The monoisotopic (exact) mass is 508 g/mol. The van der Waals surface area contributed by atoms with Crippen LogP contribution in [0.5, 0.6) is 0 Å². The molecular weight excluding hydrogens is 490 g/mol. The fraction of sp³-hybridized carbons (Fsp3) is 0.923. The Morgan fingerprint density at radius 2 is 1.85 bits per heavy atom. The highest BCUT2D eigenvalue weighted by Gasteiger charge is 2.63. The molecule has 8 atom stereocenters. The van der Waals surface area contributed by atoms with Crippen molar-refractivity contribution in [2.75, 3.05) is 8.86 Å². The van der Waals surface area contributed by atoms with E-state index in [1.165, 1.54) is 0 Å². The van der Waals surface area contributed by atoms with Crippen molar-refractivity contribution in [3.63, 3.8) is 0 Å². The van der Waals surface area contributed by atoms with E-state index in [0.29, 0.717) is 11.8 Å². The number of aliphatic hydroxyl groups excluding tert-OH is 1. The smallest absolute Gasteiger partial charge is 0.305 e. The van der Waals surface area contributed by atoms with Gasteiger partial charge in [0.05, 0.1) is 36.9 Å². The highest BCUT2D eigenvalue weighted by molar-refractivity contribution is 14.1. The third-order valence-corrected chi connectivity index (χ3v) is 6.64. The number of halogens is 2. The van der Waals surface area contributed by atoms with Gasteiger partial charge in [0.2, 0.25) is 0 Å². The third-order valence-electron chi connectivity index (χ3n) is 4.90. The predicted octanol–water partition coefficient (Wildman–Crippen LogP) is 1.48. The Morgan fingerprint density at radius 1 is 1.20 bits per heavy atom. The van der Waals surface area contributed by atoms with Crippen LogP contribution in [0, 0.1) is 17.8 Å². The Labute approximate surface area is 145 Å². The molecule has 114 valence electrons. The predicted molar refractivity (Wildman–Crippen MR) is 88.4 cm³/mol. The summed E-state index contributed by atoms with van der Waals surface area (Å²) in [5.41, 5.74) is 0. The molecule has 3 aliphatic rings. The van der Waals surface area contributed by atoms with Gasteiger partial charge < -0.3 is 19.7 Å². The minimum Gasteiger partial charge on any atom is -0.481 e. The van der Waals surface area contributed by atoms with E-state index in [-0.39, 0.29) is 36.8 Å². The Hall–Kier alpha value is 0.810. The lowest BCUT2D eigenvalue weighted by Crippen LogP contribution is -2.42. The maximum Gasteiger partial charge on any atom is 0.305 e. The first-order valence-corrected chi connectivity index (χ1v) is 9.94. The summed E-state index contributed by atoms with van der Waals surface area (Å²) in [5.74, 6) is -0.266. The normalized spacial score (nSPS) is 47.5. The van der Waals surface area contributed by atoms with Crippen molar-refractivity contribution in [2.45, 2.75) is 43.4 Å². The standard InChI is InChI=1S/C13H18I2O5/c14-3-8-11-7-1-5(6(16)2-10(17)18)13(20-7)12(11)9(4-15)19-8/h5-9,11-13,16H,1-4H2,(H,17,18). The molecule has 0 aromatic heterocycles. The third kappa shape index (κ3) is 2.50. The second-order valence-electron chi connectivity index (χ2n) is 5.88. The number of aliphatic carboxylic acids is 1. The van der Waals surface area contributed by atoms with Gasteiger partial charge in [0.15, 0.2) is 0 Å². The molecule has 0 aliphatic carbocycles. The van der Waals surface area contributed by atoms with E-state index < -0.39 is 12.1 Å². The molecule has 5 nitrogen and oxygen atoms in total. The van der Waals surface area contributed by atoms with E-state index in [9.17, 15) is 9.90 Å². The van der Waals surface area contributed by atoms with E-state index in [2.05, 4.69) is 45.2 Å². The fourth-order valence-electron chi connectivity index (χ4n) is 4.19. The molecular formula is C13H18I2O5. The number of carbonyl (C=O) groups is 1. The zero-order valence-corrected chi connectivity index (χ0v) is 15.1. The van der Waals surface area contributed by atoms with Gasteiger partial charge in [-0.05, 0) is 6.42 Å². The molecule has 3 saturated heterocycles. The molecule has 3 heterocycles. The Kier molecular flexibility index (Phi) is 4.81. The number of fused-ring (bicyclic) bond motifs is 5. The average molecular weight is 508 g/mol. The lowest BCUT2D eigenvalue weighted by molar-refractivity contribution is -0.140. The van der Waals surface area contributed by atoms with E-state index >= 15 is 0 Å². The second-order valence-corrected chi connectivity index (χ2v) is 7.64. The lowest BCUT2D eigenvalue weighted by atomic mass is 9.70. The summed E-state index contributed by atoms with van der Waals surface area (Å²) in [5, 5.41) is 19.0. The topological polar surface area (TPSA) is 76.0 Å². The van der Waals surface area contributed by atoms with Crippen LogP contribution in [-0.2, 0) is 14.3 Å². The minimum absolute atomic E-state index is 0.0351. The van der Waals surface area contributed by atoms with Crippen molar-refractivity contribution >= 4 is 51.2 Å². The van der Waals surface area contributed by atoms with Gasteiger partial charge in [0, 0.05) is 26.6 Å². The summed E-state index contributed by atoms with van der Waals surface area (Å²) in [6, 6.07) is 0. The first kappa shape index (κ1) is 15.7.